The van der Waals surface area contributed by atoms with Crippen LogP contribution in [0.25, 0.3) is 0 Å². The first-order valence-corrected chi connectivity index (χ1v) is 23.6. The lowest BCUT2D eigenvalue weighted by Gasteiger charge is -2.23. The Morgan fingerprint density at radius 3 is 1.42 bits per heavy atom. The molecule has 0 bridgehead atoms. The Morgan fingerprint density at radius 2 is 0.984 bits per heavy atom. The van der Waals surface area contributed by atoms with Gasteiger partial charge in [-0.25, -0.2) is 16.8 Å². The second kappa shape index (κ2) is 21.5. The van der Waals surface area contributed by atoms with E-state index in [4.69, 9.17) is 10.5 Å². The Morgan fingerprint density at radius 1 is 0.578 bits per heavy atom. The fraction of sp³-hybridized carbons (Fsp3) is 0.378. The van der Waals surface area contributed by atoms with Crippen molar-refractivity contribution >= 4 is 89.2 Å². The van der Waals surface area contributed by atoms with Gasteiger partial charge in [-0.3, -0.25) is 28.6 Å². The minimum atomic E-state index is -3.88. The van der Waals surface area contributed by atoms with Crippen LogP contribution >= 0.6 is 0 Å². The van der Waals surface area contributed by atoms with Gasteiger partial charge in [0.1, 0.15) is 0 Å². The topological polar surface area (TPSA) is 256 Å². The van der Waals surface area contributed by atoms with E-state index in [1.54, 1.807) is 39.0 Å². The maximum Gasteiger partial charge on any atom is 0.261 e. The molecule has 0 radical (unpaired) electrons. The van der Waals surface area contributed by atoms with E-state index in [1.807, 2.05) is 20.8 Å². The van der Waals surface area contributed by atoms with Crippen molar-refractivity contribution in [3.63, 3.8) is 0 Å². The summed E-state index contributed by atoms with van der Waals surface area (Å²) in [5, 5.41) is 14.2. The lowest BCUT2D eigenvalue weighted by Crippen LogP contribution is -2.28. The van der Waals surface area contributed by atoms with Crippen LogP contribution in [-0.4, -0.2) is 60.2 Å². The van der Waals surface area contributed by atoms with Crippen molar-refractivity contribution in [2.45, 2.75) is 84.4 Å². The van der Waals surface area contributed by atoms with Crippen molar-refractivity contribution in [1.29, 1.82) is 0 Å². The number of benzene rings is 4. The molecule has 4 aromatic rings. The summed E-state index contributed by atoms with van der Waals surface area (Å²) >= 11 is 0. The molecule has 17 nitrogen and oxygen atoms in total. The second-order valence-corrected chi connectivity index (χ2v) is 20.7. The number of carbonyl (C=O) groups excluding carboxylic acids is 4. The van der Waals surface area contributed by atoms with E-state index in [0.29, 0.717) is 40.0 Å². The van der Waals surface area contributed by atoms with Gasteiger partial charge in [-0.05, 0) is 110 Å². The first-order chi connectivity index (χ1) is 29.8. The zero-order valence-corrected chi connectivity index (χ0v) is 39.1. The van der Waals surface area contributed by atoms with Gasteiger partial charge in [-0.2, -0.15) is 0 Å². The fourth-order valence-electron chi connectivity index (χ4n) is 5.93. The summed E-state index contributed by atoms with van der Waals surface area (Å²) in [5.41, 5.74) is 8.08. The highest BCUT2D eigenvalue weighted by atomic mass is 32.2. The Hall–Kier alpha value is -6.18. The maximum absolute atomic E-state index is 12.9. The molecule has 1 aliphatic rings. The quantitative estimate of drug-likeness (QED) is 0.0570. The van der Waals surface area contributed by atoms with Crippen LogP contribution in [0.3, 0.4) is 0 Å². The van der Waals surface area contributed by atoms with E-state index >= 15 is 0 Å². The number of nitrogen functional groups attached to an aromatic ring is 1. The highest BCUT2D eigenvalue weighted by Gasteiger charge is 2.25. The molecule has 9 N–H and O–H groups in total. The highest BCUT2D eigenvalue weighted by molar-refractivity contribution is 7.93. The molecule has 0 aromatic heterocycles. The molecular formula is C45H60N8O9S2. The molecule has 1 aliphatic heterocycles. The summed E-state index contributed by atoms with van der Waals surface area (Å²) in [4.78, 5) is 47.2. The smallest absolute Gasteiger partial charge is 0.261 e. The Labute approximate surface area is 376 Å². The molecule has 0 spiro atoms. The standard InChI is InChI=1S/C26H36N4O5S.C19H24N4O4S/c1-18(31)28-20-5-8-22(9-6-20)36(33,34)30-21-7-10-23(24(17-21)29-25(32)26(2,3)4)27-14-11-19-12-15-35-16-13-19;1-12(24)21-13-5-8-15(9-6-13)28(26,27)23-14-7-10-16(20)17(11-14)22-18(25)19(2,3)4/h5-10,17,19,27,30H,11-16H2,1-4H3,(H,28,31)(H,29,32);5-11,23H,20H2,1-4H3,(H,21,24)(H,22,25). The number of ether oxygens (including phenoxy) is 1. The van der Waals surface area contributed by atoms with Crippen molar-refractivity contribution < 1.29 is 40.8 Å². The third-order valence-electron chi connectivity index (χ3n) is 9.61. The van der Waals surface area contributed by atoms with E-state index in [2.05, 4.69) is 36.0 Å². The minimum absolute atomic E-state index is 0.0266. The number of nitrogens with one attached hydrogen (secondary N) is 7. The summed E-state index contributed by atoms with van der Waals surface area (Å²) in [6, 6.07) is 21.2. The third kappa shape index (κ3) is 15.6. The van der Waals surface area contributed by atoms with Crippen LogP contribution in [0.15, 0.2) is 94.7 Å². The molecule has 0 saturated carbocycles. The van der Waals surface area contributed by atoms with Crippen LogP contribution in [0.2, 0.25) is 0 Å². The van der Waals surface area contributed by atoms with Crippen LogP contribution in [0.4, 0.5) is 45.5 Å². The normalized spacial score (nSPS) is 13.3. The van der Waals surface area contributed by atoms with Gasteiger partial charge in [0.05, 0.1) is 43.9 Å². The lowest BCUT2D eigenvalue weighted by atomic mass is 9.95. The molecule has 19 heteroatoms. The molecule has 5 rings (SSSR count). The summed E-state index contributed by atoms with van der Waals surface area (Å²) in [6.07, 6.45) is 3.07. The number of sulfonamides is 2. The van der Waals surface area contributed by atoms with E-state index in [1.165, 1.54) is 80.6 Å². The van der Waals surface area contributed by atoms with Crippen LogP contribution in [0, 0.1) is 16.7 Å². The average molecular weight is 921 g/mol. The van der Waals surface area contributed by atoms with E-state index in [9.17, 15) is 36.0 Å². The number of nitrogens with two attached hydrogens (primary N) is 1. The summed E-state index contributed by atoms with van der Waals surface area (Å²) in [6.45, 7) is 15.8. The van der Waals surface area contributed by atoms with Gasteiger partial charge < -0.3 is 37.1 Å². The molecule has 4 amide bonds. The van der Waals surface area contributed by atoms with Gasteiger partial charge >= 0.3 is 0 Å². The zero-order chi connectivity index (χ0) is 47.5. The number of anilines is 8. The van der Waals surface area contributed by atoms with Crippen molar-refractivity contribution in [1.82, 2.24) is 0 Å². The van der Waals surface area contributed by atoms with E-state index in [-0.39, 0.29) is 39.1 Å². The average Bonchev–Trinajstić information content (AvgIpc) is 3.19. The molecule has 1 saturated heterocycles. The lowest BCUT2D eigenvalue weighted by molar-refractivity contribution is -0.123. The van der Waals surface area contributed by atoms with Gasteiger partial charge in [0, 0.05) is 55.8 Å². The first-order valence-electron chi connectivity index (χ1n) is 20.6. The first kappa shape index (κ1) is 50.5. The van der Waals surface area contributed by atoms with E-state index < -0.39 is 30.9 Å². The van der Waals surface area contributed by atoms with Crippen molar-refractivity contribution in [2.75, 3.05) is 61.5 Å². The number of carbonyl (C=O) groups is 4. The Bertz CT molecular complexity index is 2510. The second-order valence-electron chi connectivity index (χ2n) is 17.4. The van der Waals surface area contributed by atoms with Crippen molar-refractivity contribution in [2.24, 2.45) is 16.7 Å². The molecule has 0 unspecified atom stereocenters. The molecule has 64 heavy (non-hydrogen) atoms. The molecule has 1 heterocycles. The molecule has 4 aromatic carbocycles. The predicted molar refractivity (Wildman–Crippen MR) is 253 cm³/mol. The van der Waals surface area contributed by atoms with Gasteiger partial charge in [-0.15, -0.1) is 0 Å². The molecule has 346 valence electrons. The number of hydrogen-bond donors (Lipinski definition) is 8. The number of amides is 4. The van der Waals surface area contributed by atoms with Crippen LogP contribution in [0.5, 0.6) is 0 Å². The van der Waals surface area contributed by atoms with Gasteiger partial charge in [0.2, 0.25) is 23.6 Å². The number of hydrogen-bond acceptors (Lipinski definition) is 11. The van der Waals surface area contributed by atoms with Crippen LogP contribution in [0.1, 0.15) is 74.7 Å². The van der Waals surface area contributed by atoms with Gasteiger partial charge in [0.15, 0.2) is 0 Å². The maximum atomic E-state index is 12.9. The van der Waals surface area contributed by atoms with Gasteiger partial charge in [0.25, 0.3) is 20.0 Å². The summed E-state index contributed by atoms with van der Waals surface area (Å²) in [7, 11) is -7.75. The SMILES string of the molecule is CC(=O)Nc1ccc(S(=O)(=O)Nc2ccc(N)c(NC(=O)C(C)(C)C)c2)cc1.CC(=O)Nc1ccc(S(=O)(=O)Nc2ccc(NCCC3CCOCC3)c(NC(=O)C(C)(C)C)c2)cc1. The van der Waals surface area contributed by atoms with Crippen molar-refractivity contribution in [3.05, 3.63) is 84.9 Å². The number of rotatable bonds is 14. The minimum Gasteiger partial charge on any atom is -0.397 e. The van der Waals surface area contributed by atoms with Crippen LogP contribution < -0.4 is 41.8 Å². The fourth-order valence-corrected chi connectivity index (χ4v) is 8.03. The monoisotopic (exact) mass is 920 g/mol. The Balaban J connectivity index is 0.000000290. The predicted octanol–water partition coefficient (Wildman–Crippen LogP) is 7.67. The van der Waals surface area contributed by atoms with Crippen LogP contribution in [-0.2, 0) is 44.0 Å². The molecule has 1 fully saturated rings. The van der Waals surface area contributed by atoms with Gasteiger partial charge in [-0.1, -0.05) is 41.5 Å². The third-order valence-corrected chi connectivity index (χ3v) is 12.4. The highest BCUT2D eigenvalue weighted by Crippen LogP contribution is 2.31. The van der Waals surface area contributed by atoms with E-state index in [0.717, 1.165) is 44.7 Å². The molecular weight excluding hydrogens is 861 g/mol. The zero-order valence-electron chi connectivity index (χ0n) is 37.5. The Kier molecular flexibility index (Phi) is 16.9. The van der Waals surface area contributed by atoms with Crippen molar-refractivity contribution in [3.8, 4) is 0 Å². The summed E-state index contributed by atoms with van der Waals surface area (Å²) in [5.74, 6) is -0.311. The molecule has 0 aliphatic carbocycles. The summed E-state index contributed by atoms with van der Waals surface area (Å²) < 4.78 is 61.5. The molecule has 0 atom stereocenters. The largest absolute Gasteiger partial charge is 0.397 e.